The number of nitrogens with zero attached hydrogens (tertiary/aromatic N) is 2. The lowest BCUT2D eigenvalue weighted by molar-refractivity contribution is -0.136. The van der Waals surface area contributed by atoms with E-state index in [4.69, 9.17) is 5.11 Å². The van der Waals surface area contributed by atoms with E-state index >= 15 is 0 Å². The summed E-state index contributed by atoms with van der Waals surface area (Å²) in [6.45, 7) is 3.76. The zero-order chi connectivity index (χ0) is 14.0. The highest BCUT2D eigenvalue weighted by atomic mass is 79.9. The van der Waals surface area contributed by atoms with Gasteiger partial charge in [-0.15, -0.1) is 11.3 Å². The Kier molecular flexibility index (Phi) is 4.59. The van der Waals surface area contributed by atoms with Gasteiger partial charge in [-0.25, -0.2) is 9.97 Å². The van der Waals surface area contributed by atoms with Crippen molar-refractivity contribution in [1.29, 1.82) is 0 Å². The highest BCUT2D eigenvalue weighted by Gasteiger charge is 2.12. The van der Waals surface area contributed by atoms with Crippen LogP contribution in [-0.4, -0.2) is 21.0 Å². The minimum absolute atomic E-state index is 0.0247. The molecule has 2 rings (SSSR count). The molecule has 0 saturated heterocycles. The molecule has 2 heterocycles. The number of carboxylic acids is 1. The first-order valence-electron chi connectivity index (χ1n) is 5.45. The van der Waals surface area contributed by atoms with E-state index in [-0.39, 0.29) is 6.42 Å². The molecule has 0 aliphatic heterocycles. The van der Waals surface area contributed by atoms with Gasteiger partial charge in [0.2, 0.25) is 0 Å². The van der Waals surface area contributed by atoms with Crippen molar-refractivity contribution in [3.05, 3.63) is 32.9 Å². The van der Waals surface area contributed by atoms with Gasteiger partial charge < -0.3 is 5.11 Å². The number of thiazole rings is 1. The molecular weight excluding hydrogens is 348 g/mol. The smallest absolute Gasteiger partial charge is 0.308 e. The largest absolute Gasteiger partial charge is 0.481 e. The van der Waals surface area contributed by atoms with E-state index in [1.165, 1.54) is 23.1 Å². The van der Waals surface area contributed by atoms with Gasteiger partial charge in [0.25, 0.3) is 0 Å². The van der Waals surface area contributed by atoms with Crippen LogP contribution in [0.25, 0.3) is 0 Å². The second-order valence-corrected chi connectivity index (χ2v) is 7.08. The Morgan fingerprint density at radius 2 is 2.11 bits per heavy atom. The fourth-order valence-electron chi connectivity index (χ4n) is 1.41. The lowest BCUT2D eigenvalue weighted by Gasteiger charge is -2.00. The number of aromatic nitrogens is 2. The first-order valence-corrected chi connectivity index (χ1v) is 7.87. The maximum Gasteiger partial charge on any atom is 0.308 e. The first-order chi connectivity index (χ1) is 8.95. The van der Waals surface area contributed by atoms with Crippen molar-refractivity contribution in [2.45, 2.75) is 29.6 Å². The number of aryl methyl sites for hydroxylation is 2. The molecule has 0 aromatic carbocycles. The molecular formula is C12H11BrN2O2S2. The highest BCUT2D eigenvalue weighted by molar-refractivity contribution is 9.10. The lowest BCUT2D eigenvalue weighted by Crippen LogP contribution is -1.99. The molecule has 0 aliphatic carbocycles. The number of carboxylic acid groups (broad SMARTS) is 1. The van der Waals surface area contributed by atoms with Crippen LogP contribution in [0.15, 0.2) is 26.0 Å². The van der Waals surface area contributed by atoms with Gasteiger partial charge in [0.05, 0.1) is 17.8 Å². The van der Waals surface area contributed by atoms with Crippen LogP contribution in [0.2, 0.25) is 0 Å². The van der Waals surface area contributed by atoms with Crippen molar-refractivity contribution in [3.63, 3.8) is 0 Å². The monoisotopic (exact) mass is 358 g/mol. The Balaban J connectivity index is 2.19. The predicted octanol–water partition coefficient (Wildman–Crippen LogP) is 3.70. The minimum atomic E-state index is -0.832. The van der Waals surface area contributed by atoms with Crippen molar-refractivity contribution in [2.24, 2.45) is 0 Å². The van der Waals surface area contributed by atoms with Gasteiger partial charge in [-0.3, -0.25) is 4.79 Å². The Morgan fingerprint density at radius 1 is 1.37 bits per heavy atom. The average Bonchev–Trinajstić information content (AvgIpc) is 2.64. The van der Waals surface area contributed by atoms with Crippen LogP contribution in [0.4, 0.5) is 0 Å². The number of rotatable bonds is 4. The van der Waals surface area contributed by atoms with Crippen molar-refractivity contribution >= 4 is 45.0 Å². The summed E-state index contributed by atoms with van der Waals surface area (Å²) >= 11 is 6.27. The van der Waals surface area contributed by atoms with Gasteiger partial charge >= 0.3 is 5.97 Å². The van der Waals surface area contributed by atoms with Crippen LogP contribution < -0.4 is 0 Å². The molecule has 0 unspecified atom stereocenters. The Morgan fingerprint density at radius 3 is 2.74 bits per heavy atom. The summed E-state index contributed by atoms with van der Waals surface area (Å²) < 4.78 is 1.79. The first kappa shape index (κ1) is 14.5. The predicted molar refractivity (Wildman–Crippen MR) is 79.0 cm³/mol. The van der Waals surface area contributed by atoms with Crippen molar-refractivity contribution in [2.75, 3.05) is 0 Å². The molecule has 0 atom stereocenters. The second kappa shape index (κ2) is 6.02. The molecule has 0 spiro atoms. The zero-order valence-corrected chi connectivity index (χ0v) is 13.5. The van der Waals surface area contributed by atoms with Crippen LogP contribution in [0.5, 0.6) is 0 Å². The van der Waals surface area contributed by atoms with Crippen LogP contribution in [0, 0.1) is 13.8 Å². The zero-order valence-electron chi connectivity index (χ0n) is 10.3. The summed E-state index contributed by atoms with van der Waals surface area (Å²) in [5.74, 6) is -0.832. The van der Waals surface area contributed by atoms with Gasteiger partial charge in [0, 0.05) is 9.35 Å². The van der Waals surface area contributed by atoms with Crippen molar-refractivity contribution in [3.8, 4) is 0 Å². The summed E-state index contributed by atoms with van der Waals surface area (Å²) in [5.41, 5.74) is 1.70. The van der Waals surface area contributed by atoms with Gasteiger partial charge in [-0.1, -0.05) is 0 Å². The molecule has 1 N–H and O–H groups in total. The summed E-state index contributed by atoms with van der Waals surface area (Å²) in [6.07, 6.45) is 0.0247. The molecule has 4 nitrogen and oxygen atoms in total. The Bertz CT molecular complexity index is 628. The molecule has 0 saturated carbocycles. The SMILES string of the molecule is Cc1nc(Sc2nc(C)c(CC(=O)O)s2)ccc1Br. The van der Waals surface area contributed by atoms with Crippen molar-refractivity contribution in [1.82, 2.24) is 9.97 Å². The lowest BCUT2D eigenvalue weighted by atomic mass is 10.3. The summed E-state index contributed by atoms with van der Waals surface area (Å²) in [6, 6.07) is 3.86. The third kappa shape index (κ3) is 3.77. The van der Waals surface area contributed by atoms with E-state index in [0.29, 0.717) is 0 Å². The molecule has 0 fully saturated rings. The number of pyridine rings is 1. The molecule has 2 aromatic heterocycles. The standard InChI is InChI=1S/C12H11BrN2O2S2/c1-6-8(13)3-4-10(14-6)19-12-15-7(2)9(18-12)5-11(16)17/h3-4H,5H2,1-2H3,(H,16,17). The number of aliphatic carboxylic acids is 1. The van der Waals surface area contributed by atoms with Gasteiger partial charge in [0.15, 0.2) is 4.34 Å². The summed E-state index contributed by atoms with van der Waals surface area (Å²) in [4.78, 5) is 20.3. The van der Waals surface area contributed by atoms with E-state index in [1.807, 2.05) is 26.0 Å². The maximum absolute atomic E-state index is 10.7. The fraction of sp³-hybridized carbons (Fsp3) is 0.250. The molecule has 19 heavy (non-hydrogen) atoms. The Labute approximate surface area is 127 Å². The van der Waals surface area contributed by atoms with Crippen molar-refractivity contribution < 1.29 is 9.90 Å². The normalized spacial score (nSPS) is 10.7. The van der Waals surface area contributed by atoms with E-state index in [2.05, 4.69) is 25.9 Å². The van der Waals surface area contributed by atoms with Gasteiger partial charge in [-0.2, -0.15) is 0 Å². The average molecular weight is 359 g/mol. The molecule has 100 valence electrons. The number of halogens is 1. The topological polar surface area (TPSA) is 63.1 Å². The van der Waals surface area contributed by atoms with E-state index in [1.54, 1.807) is 0 Å². The second-order valence-electron chi connectivity index (χ2n) is 3.88. The van der Waals surface area contributed by atoms with Crippen LogP contribution in [-0.2, 0) is 11.2 Å². The molecule has 7 heteroatoms. The van der Waals surface area contributed by atoms with E-state index in [0.717, 1.165) is 30.1 Å². The quantitative estimate of drug-likeness (QED) is 0.902. The Hall–Kier alpha value is -0.920. The fourth-order valence-corrected chi connectivity index (χ4v) is 3.82. The van der Waals surface area contributed by atoms with Gasteiger partial charge in [-0.05, 0) is 53.7 Å². The minimum Gasteiger partial charge on any atom is -0.481 e. The number of carbonyl (C=O) groups is 1. The molecule has 0 radical (unpaired) electrons. The molecule has 0 bridgehead atoms. The van der Waals surface area contributed by atoms with Gasteiger partial charge in [0.1, 0.15) is 5.03 Å². The van der Waals surface area contributed by atoms with Crippen LogP contribution in [0.1, 0.15) is 16.3 Å². The molecule has 0 aliphatic rings. The van der Waals surface area contributed by atoms with E-state index in [9.17, 15) is 4.79 Å². The highest BCUT2D eigenvalue weighted by Crippen LogP contribution is 2.33. The third-order valence-electron chi connectivity index (χ3n) is 2.37. The number of hydrogen-bond acceptors (Lipinski definition) is 5. The van der Waals surface area contributed by atoms with Crippen LogP contribution >= 0.6 is 39.0 Å². The molecule has 0 amide bonds. The van der Waals surface area contributed by atoms with Crippen LogP contribution in [0.3, 0.4) is 0 Å². The van der Waals surface area contributed by atoms with E-state index < -0.39 is 5.97 Å². The third-order valence-corrected chi connectivity index (χ3v) is 5.37. The summed E-state index contributed by atoms with van der Waals surface area (Å²) in [5, 5.41) is 9.67. The molecule has 2 aromatic rings. The summed E-state index contributed by atoms with van der Waals surface area (Å²) in [7, 11) is 0. The number of hydrogen-bond donors (Lipinski definition) is 1. The maximum atomic E-state index is 10.7.